The molecule has 0 amide bonds. The summed E-state index contributed by atoms with van der Waals surface area (Å²) < 4.78 is 6.93. The minimum atomic E-state index is -0.886. The highest BCUT2D eigenvalue weighted by atomic mass is 35.5. The maximum atomic E-state index is 10.4. The average molecular weight is 284 g/mol. The van der Waals surface area contributed by atoms with Gasteiger partial charge in [0.1, 0.15) is 22.9 Å². The summed E-state index contributed by atoms with van der Waals surface area (Å²) in [6.07, 6.45) is 1.80. The molecule has 3 heterocycles. The van der Waals surface area contributed by atoms with Gasteiger partial charge in [0, 0.05) is 25.6 Å². The Balaban J connectivity index is 1.83. The summed E-state index contributed by atoms with van der Waals surface area (Å²) in [5.74, 6) is 1.05. The lowest BCUT2D eigenvalue weighted by Crippen LogP contribution is -2.43. The van der Waals surface area contributed by atoms with E-state index in [1.165, 1.54) is 10.8 Å². The normalized spacial score (nSPS) is 27.0. The van der Waals surface area contributed by atoms with Crippen molar-refractivity contribution in [1.82, 2.24) is 19.6 Å². The highest BCUT2D eigenvalue weighted by Gasteiger charge is 2.39. The van der Waals surface area contributed by atoms with Gasteiger partial charge in [0.05, 0.1) is 6.10 Å². The molecule has 8 heteroatoms. The Kier molecular flexibility index (Phi) is 3.04. The Morgan fingerprint density at radius 3 is 3.26 bits per heavy atom. The summed E-state index contributed by atoms with van der Waals surface area (Å²) in [5.41, 5.74) is -0.886. The number of nitrogens with one attached hydrogen (secondary N) is 1. The molecule has 1 fully saturated rings. The van der Waals surface area contributed by atoms with Crippen LogP contribution in [0.15, 0.2) is 12.4 Å². The number of rotatable bonds is 3. The molecule has 0 bridgehead atoms. The fourth-order valence-electron chi connectivity index (χ4n) is 2.16. The lowest BCUT2D eigenvalue weighted by Gasteiger charge is -2.26. The van der Waals surface area contributed by atoms with E-state index in [1.54, 1.807) is 6.07 Å². The third kappa shape index (κ3) is 2.24. The standard InChI is InChI=1S/C11H14ClN5O2/c1-7-11(18,2-3-19-7)5-13-9-4-8(12)16-10-14-6-15-17(9)10/h4,6-7,13,18H,2-3,5H2,1H3. The number of hydrogen-bond acceptors (Lipinski definition) is 6. The maximum Gasteiger partial charge on any atom is 0.255 e. The van der Waals surface area contributed by atoms with E-state index in [4.69, 9.17) is 16.3 Å². The lowest BCUT2D eigenvalue weighted by atomic mass is 9.97. The molecular weight excluding hydrogens is 270 g/mol. The SMILES string of the molecule is CC1OCCC1(O)CNc1cc(Cl)nc2ncnn12. The Bertz CT molecular complexity index is 604. The van der Waals surface area contributed by atoms with Crippen LogP contribution in [0.3, 0.4) is 0 Å². The van der Waals surface area contributed by atoms with Crippen molar-refractivity contribution in [2.75, 3.05) is 18.5 Å². The van der Waals surface area contributed by atoms with Gasteiger partial charge in [0.25, 0.3) is 5.78 Å². The molecule has 2 N–H and O–H groups in total. The topological polar surface area (TPSA) is 84.6 Å². The number of ether oxygens (including phenoxy) is 1. The van der Waals surface area contributed by atoms with Crippen LogP contribution in [0.2, 0.25) is 5.15 Å². The number of hydrogen-bond donors (Lipinski definition) is 2. The van der Waals surface area contributed by atoms with Crippen LogP contribution in [0.25, 0.3) is 5.78 Å². The Morgan fingerprint density at radius 1 is 1.68 bits per heavy atom. The predicted octanol–water partition coefficient (Wildman–Crippen LogP) is 0.729. The molecule has 2 unspecified atom stereocenters. The number of halogens is 1. The zero-order chi connectivity index (χ0) is 13.5. The van der Waals surface area contributed by atoms with Crippen molar-refractivity contribution in [2.45, 2.75) is 25.0 Å². The Morgan fingerprint density at radius 2 is 2.53 bits per heavy atom. The molecule has 0 spiro atoms. The van der Waals surface area contributed by atoms with Gasteiger partial charge in [0.15, 0.2) is 0 Å². The first kappa shape index (κ1) is 12.6. The van der Waals surface area contributed by atoms with Gasteiger partial charge in [-0.3, -0.25) is 0 Å². The van der Waals surface area contributed by atoms with Crippen molar-refractivity contribution in [2.24, 2.45) is 0 Å². The highest BCUT2D eigenvalue weighted by molar-refractivity contribution is 6.29. The number of anilines is 1. The minimum absolute atomic E-state index is 0.205. The Hall–Kier alpha value is -1.44. The summed E-state index contributed by atoms with van der Waals surface area (Å²) in [6, 6.07) is 1.65. The van der Waals surface area contributed by atoms with Gasteiger partial charge in [0.2, 0.25) is 0 Å². The third-order valence-electron chi connectivity index (χ3n) is 3.46. The first-order valence-corrected chi connectivity index (χ1v) is 6.40. The number of nitrogens with zero attached hydrogens (tertiary/aromatic N) is 4. The summed E-state index contributed by atoms with van der Waals surface area (Å²) >= 11 is 5.92. The van der Waals surface area contributed by atoms with Crippen molar-refractivity contribution < 1.29 is 9.84 Å². The van der Waals surface area contributed by atoms with Crippen LogP contribution in [0.5, 0.6) is 0 Å². The summed E-state index contributed by atoms with van der Waals surface area (Å²) in [4.78, 5) is 8.02. The molecule has 3 rings (SSSR count). The zero-order valence-electron chi connectivity index (χ0n) is 10.4. The van der Waals surface area contributed by atoms with E-state index in [-0.39, 0.29) is 6.10 Å². The largest absolute Gasteiger partial charge is 0.385 e. The molecule has 0 saturated carbocycles. The van der Waals surface area contributed by atoms with Gasteiger partial charge in [-0.2, -0.15) is 19.6 Å². The number of aliphatic hydroxyl groups is 1. The lowest BCUT2D eigenvalue weighted by molar-refractivity contribution is -0.0176. The summed E-state index contributed by atoms with van der Waals surface area (Å²) in [5, 5.41) is 17.9. The first-order valence-electron chi connectivity index (χ1n) is 6.03. The van der Waals surface area contributed by atoms with Crippen molar-refractivity contribution in [3.05, 3.63) is 17.5 Å². The molecule has 0 aliphatic carbocycles. The fraction of sp³-hybridized carbons (Fsp3) is 0.545. The molecular formula is C11H14ClN5O2. The average Bonchev–Trinajstić information content (AvgIpc) is 2.95. The van der Waals surface area contributed by atoms with Crippen LogP contribution >= 0.6 is 11.6 Å². The molecule has 7 nitrogen and oxygen atoms in total. The highest BCUT2D eigenvalue weighted by Crippen LogP contribution is 2.26. The van der Waals surface area contributed by atoms with E-state index in [0.717, 1.165) is 0 Å². The molecule has 0 aromatic carbocycles. The quantitative estimate of drug-likeness (QED) is 0.808. The first-order chi connectivity index (χ1) is 9.08. The number of aromatic nitrogens is 4. The van der Waals surface area contributed by atoms with E-state index in [2.05, 4.69) is 20.4 Å². The van der Waals surface area contributed by atoms with Gasteiger partial charge >= 0.3 is 0 Å². The Labute approximate surface area is 114 Å². The molecule has 1 aliphatic heterocycles. The summed E-state index contributed by atoms with van der Waals surface area (Å²) in [7, 11) is 0. The molecule has 2 aromatic heterocycles. The van der Waals surface area contributed by atoms with Gasteiger partial charge in [-0.25, -0.2) is 0 Å². The monoisotopic (exact) mass is 283 g/mol. The van der Waals surface area contributed by atoms with Crippen molar-refractivity contribution in [3.8, 4) is 0 Å². The van der Waals surface area contributed by atoms with Crippen molar-refractivity contribution in [3.63, 3.8) is 0 Å². The van der Waals surface area contributed by atoms with Crippen LogP contribution in [-0.2, 0) is 4.74 Å². The second-order valence-corrected chi connectivity index (χ2v) is 5.04. The fourth-order valence-corrected chi connectivity index (χ4v) is 2.33. The van der Waals surface area contributed by atoms with Crippen LogP contribution in [0.4, 0.5) is 5.82 Å². The number of fused-ring (bicyclic) bond motifs is 1. The molecule has 1 aliphatic rings. The van der Waals surface area contributed by atoms with E-state index in [0.29, 0.717) is 36.3 Å². The smallest absolute Gasteiger partial charge is 0.255 e. The minimum Gasteiger partial charge on any atom is -0.385 e. The van der Waals surface area contributed by atoms with Gasteiger partial charge in [-0.05, 0) is 6.92 Å². The molecule has 19 heavy (non-hydrogen) atoms. The van der Waals surface area contributed by atoms with Crippen LogP contribution in [0.1, 0.15) is 13.3 Å². The zero-order valence-corrected chi connectivity index (χ0v) is 11.1. The van der Waals surface area contributed by atoms with E-state index in [1.807, 2.05) is 6.92 Å². The van der Waals surface area contributed by atoms with Gasteiger partial charge in [-0.1, -0.05) is 11.6 Å². The molecule has 2 atom stereocenters. The molecule has 0 radical (unpaired) electrons. The van der Waals surface area contributed by atoms with Crippen molar-refractivity contribution >= 4 is 23.2 Å². The maximum absolute atomic E-state index is 10.4. The van der Waals surface area contributed by atoms with E-state index < -0.39 is 5.60 Å². The van der Waals surface area contributed by atoms with Gasteiger partial charge < -0.3 is 15.2 Å². The molecule has 1 saturated heterocycles. The predicted molar refractivity (Wildman–Crippen MR) is 69.3 cm³/mol. The van der Waals surface area contributed by atoms with E-state index >= 15 is 0 Å². The van der Waals surface area contributed by atoms with Gasteiger partial charge in [-0.15, -0.1) is 0 Å². The van der Waals surface area contributed by atoms with Crippen LogP contribution in [0, 0.1) is 0 Å². The van der Waals surface area contributed by atoms with Crippen LogP contribution in [-0.4, -0.2) is 49.5 Å². The molecule has 102 valence electrons. The van der Waals surface area contributed by atoms with Crippen LogP contribution < -0.4 is 5.32 Å². The third-order valence-corrected chi connectivity index (χ3v) is 3.65. The van der Waals surface area contributed by atoms with Crippen molar-refractivity contribution in [1.29, 1.82) is 0 Å². The second kappa shape index (κ2) is 4.59. The summed E-state index contributed by atoms with van der Waals surface area (Å²) in [6.45, 7) is 2.78. The van der Waals surface area contributed by atoms with E-state index in [9.17, 15) is 5.11 Å². The molecule has 2 aromatic rings. The second-order valence-electron chi connectivity index (χ2n) is 4.66.